The molecule has 1 atom stereocenters. The van der Waals surface area contributed by atoms with Crippen molar-refractivity contribution in [2.75, 3.05) is 7.11 Å². The molecule has 1 heterocycles. The van der Waals surface area contributed by atoms with E-state index in [2.05, 4.69) is 9.84 Å². The summed E-state index contributed by atoms with van der Waals surface area (Å²) < 4.78 is 6.32. The SMILES string of the molecule is COC(=O)Cc1ccc(-n2cccn2)c(C(C)O)c1. The third kappa shape index (κ3) is 3.00. The number of ether oxygens (including phenoxy) is 1. The molecule has 0 saturated heterocycles. The molecule has 0 aliphatic carbocycles. The summed E-state index contributed by atoms with van der Waals surface area (Å²) in [6.07, 6.45) is 3.03. The minimum absolute atomic E-state index is 0.190. The molecule has 0 fully saturated rings. The van der Waals surface area contributed by atoms with Crippen molar-refractivity contribution in [2.24, 2.45) is 0 Å². The Labute approximate surface area is 111 Å². The number of nitrogens with zero attached hydrogens (tertiary/aromatic N) is 2. The van der Waals surface area contributed by atoms with Crippen LogP contribution in [0.3, 0.4) is 0 Å². The topological polar surface area (TPSA) is 64.4 Å². The van der Waals surface area contributed by atoms with Crippen LogP contribution in [0, 0.1) is 0 Å². The molecule has 0 radical (unpaired) electrons. The van der Waals surface area contributed by atoms with E-state index in [0.717, 1.165) is 16.8 Å². The Morgan fingerprint density at radius 2 is 2.32 bits per heavy atom. The van der Waals surface area contributed by atoms with Crippen molar-refractivity contribution in [3.8, 4) is 5.69 Å². The highest BCUT2D eigenvalue weighted by molar-refractivity contribution is 5.72. The van der Waals surface area contributed by atoms with Gasteiger partial charge in [0.1, 0.15) is 0 Å². The molecule has 0 saturated carbocycles. The van der Waals surface area contributed by atoms with Crippen molar-refractivity contribution in [1.29, 1.82) is 0 Å². The molecule has 1 aromatic carbocycles. The molecular formula is C14H16N2O3. The van der Waals surface area contributed by atoms with Crippen molar-refractivity contribution in [1.82, 2.24) is 9.78 Å². The standard InChI is InChI=1S/C14H16N2O3/c1-10(17)12-8-11(9-14(18)19-2)4-5-13(12)16-7-3-6-15-16/h3-8,10,17H,9H2,1-2H3. The molecule has 1 aromatic heterocycles. The van der Waals surface area contributed by atoms with Crippen molar-refractivity contribution >= 4 is 5.97 Å². The van der Waals surface area contributed by atoms with Gasteiger partial charge in [0.25, 0.3) is 0 Å². The van der Waals surface area contributed by atoms with E-state index in [1.807, 2.05) is 18.2 Å². The fourth-order valence-electron chi connectivity index (χ4n) is 1.91. The first kappa shape index (κ1) is 13.3. The van der Waals surface area contributed by atoms with Crippen LogP contribution in [0.25, 0.3) is 5.69 Å². The third-order valence-electron chi connectivity index (χ3n) is 2.87. The molecule has 100 valence electrons. The fourth-order valence-corrected chi connectivity index (χ4v) is 1.91. The Morgan fingerprint density at radius 1 is 1.53 bits per heavy atom. The molecule has 2 rings (SSSR count). The van der Waals surface area contributed by atoms with Gasteiger partial charge in [-0.15, -0.1) is 0 Å². The smallest absolute Gasteiger partial charge is 0.309 e. The monoisotopic (exact) mass is 260 g/mol. The number of hydrogen-bond acceptors (Lipinski definition) is 4. The number of aliphatic hydroxyl groups excluding tert-OH is 1. The second-order valence-electron chi connectivity index (χ2n) is 4.27. The van der Waals surface area contributed by atoms with Crippen LogP contribution in [0.5, 0.6) is 0 Å². The van der Waals surface area contributed by atoms with Crippen molar-refractivity contribution in [3.05, 3.63) is 47.8 Å². The zero-order chi connectivity index (χ0) is 13.8. The first-order valence-corrected chi connectivity index (χ1v) is 5.99. The maximum Gasteiger partial charge on any atom is 0.309 e. The van der Waals surface area contributed by atoms with Gasteiger partial charge in [-0.1, -0.05) is 12.1 Å². The second kappa shape index (κ2) is 5.67. The number of aromatic nitrogens is 2. The summed E-state index contributed by atoms with van der Waals surface area (Å²) in [5.74, 6) is -0.302. The largest absolute Gasteiger partial charge is 0.469 e. The molecule has 19 heavy (non-hydrogen) atoms. The van der Waals surface area contributed by atoms with Gasteiger partial charge in [-0.3, -0.25) is 4.79 Å². The van der Waals surface area contributed by atoms with Gasteiger partial charge in [0.05, 0.1) is 25.3 Å². The first-order chi connectivity index (χ1) is 9.11. The lowest BCUT2D eigenvalue weighted by molar-refractivity contribution is -0.139. The van der Waals surface area contributed by atoms with Gasteiger partial charge < -0.3 is 9.84 Å². The average molecular weight is 260 g/mol. The van der Waals surface area contributed by atoms with E-state index in [0.29, 0.717) is 0 Å². The van der Waals surface area contributed by atoms with Crippen LogP contribution in [0.4, 0.5) is 0 Å². The predicted octanol–water partition coefficient (Wildman–Crippen LogP) is 1.64. The number of carbonyl (C=O) groups is 1. The highest BCUT2D eigenvalue weighted by Gasteiger charge is 2.12. The highest BCUT2D eigenvalue weighted by atomic mass is 16.5. The summed E-state index contributed by atoms with van der Waals surface area (Å²) in [5, 5.41) is 14.0. The van der Waals surface area contributed by atoms with Crippen molar-refractivity contribution in [2.45, 2.75) is 19.4 Å². The number of benzene rings is 1. The molecule has 0 bridgehead atoms. The molecule has 0 amide bonds. The predicted molar refractivity (Wildman–Crippen MR) is 69.9 cm³/mol. The Morgan fingerprint density at radius 3 is 2.89 bits per heavy atom. The molecule has 0 aliphatic heterocycles. The summed E-state index contributed by atoms with van der Waals surface area (Å²) in [5.41, 5.74) is 2.33. The van der Waals surface area contributed by atoms with E-state index < -0.39 is 6.10 Å². The van der Waals surface area contributed by atoms with E-state index >= 15 is 0 Å². The van der Waals surface area contributed by atoms with E-state index in [-0.39, 0.29) is 12.4 Å². The minimum Gasteiger partial charge on any atom is -0.469 e. The lowest BCUT2D eigenvalue weighted by Gasteiger charge is -2.13. The lowest BCUT2D eigenvalue weighted by Crippen LogP contribution is -2.08. The van der Waals surface area contributed by atoms with Gasteiger partial charge in [-0.2, -0.15) is 5.10 Å². The maximum absolute atomic E-state index is 11.3. The number of aliphatic hydroxyl groups is 1. The number of methoxy groups -OCH3 is 1. The number of rotatable bonds is 4. The summed E-state index contributed by atoms with van der Waals surface area (Å²) in [6.45, 7) is 1.68. The quantitative estimate of drug-likeness (QED) is 0.849. The summed E-state index contributed by atoms with van der Waals surface area (Å²) >= 11 is 0. The fraction of sp³-hybridized carbons (Fsp3) is 0.286. The van der Waals surface area contributed by atoms with Crippen molar-refractivity contribution < 1.29 is 14.6 Å². The normalized spacial score (nSPS) is 12.2. The van der Waals surface area contributed by atoms with Crippen LogP contribution in [-0.2, 0) is 16.0 Å². The number of carbonyl (C=O) groups excluding carboxylic acids is 1. The van der Waals surface area contributed by atoms with Crippen LogP contribution >= 0.6 is 0 Å². The minimum atomic E-state index is -0.642. The number of hydrogen-bond donors (Lipinski definition) is 1. The van der Waals surface area contributed by atoms with Gasteiger partial charge in [-0.05, 0) is 24.6 Å². The van der Waals surface area contributed by atoms with E-state index in [4.69, 9.17) is 0 Å². The number of esters is 1. The van der Waals surface area contributed by atoms with Gasteiger partial charge in [0, 0.05) is 18.0 Å². The molecular weight excluding hydrogens is 244 g/mol. The van der Waals surface area contributed by atoms with Crippen molar-refractivity contribution in [3.63, 3.8) is 0 Å². The zero-order valence-corrected chi connectivity index (χ0v) is 10.9. The van der Waals surface area contributed by atoms with Gasteiger partial charge in [-0.25, -0.2) is 4.68 Å². The van der Waals surface area contributed by atoms with E-state index in [1.165, 1.54) is 7.11 Å². The first-order valence-electron chi connectivity index (χ1n) is 5.99. The summed E-state index contributed by atoms with van der Waals surface area (Å²) in [6, 6.07) is 7.29. The Hall–Kier alpha value is -2.14. The average Bonchev–Trinajstić information content (AvgIpc) is 2.92. The maximum atomic E-state index is 11.3. The molecule has 1 N–H and O–H groups in total. The summed E-state index contributed by atoms with van der Waals surface area (Å²) in [7, 11) is 1.36. The van der Waals surface area contributed by atoms with Crippen LogP contribution in [0.1, 0.15) is 24.2 Å². The highest BCUT2D eigenvalue weighted by Crippen LogP contribution is 2.23. The molecule has 0 spiro atoms. The molecule has 1 unspecified atom stereocenters. The summed E-state index contributed by atoms with van der Waals surface area (Å²) in [4.78, 5) is 11.3. The van der Waals surface area contributed by atoms with E-state index in [1.54, 1.807) is 30.1 Å². The Kier molecular flexibility index (Phi) is 3.97. The molecule has 2 aromatic rings. The molecule has 0 aliphatic rings. The van der Waals surface area contributed by atoms with E-state index in [9.17, 15) is 9.90 Å². The van der Waals surface area contributed by atoms with Gasteiger partial charge in [0.2, 0.25) is 0 Å². The molecule has 5 heteroatoms. The Balaban J connectivity index is 2.39. The van der Waals surface area contributed by atoms with Gasteiger partial charge >= 0.3 is 5.97 Å². The van der Waals surface area contributed by atoms with Crippen LogP contribution in [0.2, 0.25) is 0 Å². The Bertz CT molecular complexity index is 562. The van der Waals surface area contributed by atoms with Crippen LogP contribution in [0.15, 0.2) is 36.7 Å². The second-order valence-corrected chi connectivity index (χ2v) is 4.27. The van der Waals surface area contributed by atoms with Crippen LogP contribution < -0.4 is 0 Å². The van der Waals surface area contributed by atoms with Crippen LogP contribution in [-0.4, -0.2) is 28.0 Å². The lowest BCUT2D eigenvalue weighted by atomic mass is 10.0. The van der Waals surface area contributed by atoms with Gasteiger partial charge in [0.15, 0.2) is 0 Å². The zero-order valence-electron chi connectivity index (χ0n) is 10.9. The molecule has 5 nitrogen and oxygen atoms in total. The third-order valence-corrected chi connectivity index (χ3v) is 2.87.